The molecule has 22 heavy (non-hydrogen) atoms. The summed E-state index contributed by atoms with van der Waals surface area (Å²) in [6, 6.07) is 8.58. The maximum atomic E-state index is 6.29. The van der Waals surface area contributed by atoms with E-state index in [4.69, 9.17) is 21.1 Å². The number of halogens is 1. The third-order valence-corrected chi connectivity index (χ3v) is 4.94. The fourth-order valence-corrected chi connectivity index (χ4v) is 3.89. The Labute approximate surface area is 140 Å². The second-order valence-corrected chi connectivity index (χ2v) is 7.11. The Kier molecular flexibility index (Phi) is 4.91. The second kappa shape index (κ2) is 6.90. The summed E-state index contributed by atoms with van der Waals surface area (Å²) in [5.41, 5.74) is 1.11. The van der Waals surface area contributed by atoms with Gasteiger partial charge < -0.3 is 14.8 Å². The predicted molar refractivity (Wildman–Crippen MR) is 91.2 cm³/mol. The molecule has 1 aromatic carbocycles. The number of fused-ring (bicyclic) bond motifs is 1. The van der Waals surface area contributed by atoms with Crippen molar-refractivity contribution in [2.24, 2.45) is 5.92 Å². The van der Waals surface area contributed by atoms with E-state index in [2.05, 4.69) is 36.7 Å². The Morgan fingerprint density at radius 2 is 2.09 bits per heavy atom. The van der Waals surface area contributed by atoms with Crippen LogP contribution < -0.4 is 14.8 Å². The summed E-state index contributed by atoms with van der Waals surface area (Å²) in [4.78, 5) is 1.36. The molecule has 1 aliphatic heterocycles. The molecule has 2 aromatic rings. The number of benzene rings is 1. The topological polar surface area (TPSA) is 30.5 Å². The minimum Gasteiger partial charge on any atom is -0.486 e. The van der Waals surface area contributed by atoms with Gasteiger partial charge in [-0.25, -0.2) is 0 Å². The maximum absolute atomic E-state index is 6.29. The van der Waals surface area contributed by atoms with Crippen molar-refractivity contribution in [1.29, 1.82) is 0 Å². The van der Waals surface area contributed by atoms with Gasteiger partial charge in [-0.15, -0.1) is 11.3 Å². The molecule has 0 saturated heterocycles. The van der Waals surface area contributed by atoms with E-state index in [0.717, 1.165) is 17.9 Å². The lowest BCUT2D eigenvalue weighted by Gasteiger charge is -2.23. The van der Waals surface area contributed by atoms with E-state index in [1.807, 2.05) is 12.1 Å². The second-order valence-electron chi connectivity index (χ2n) is 5.72. The van der Waals surface area contributed by atoms with Crippen molar-refractivity contribution in [3.8, 4) is 11.5 Å². The average molecular weight is 338 g/mol. The van der Waals surface area contributed by atoms with Crippen molar-refractivity contribution >= 4 is 22.9 Å². The van der Waals surface area contributed by atoms with Gasteiger partial charge in [-0.05, 0) is 35.1 Å². The summed E-state index contributed by atoms with van der Waals surface area (Å²) >= 11 is 8.08. The van der Waals surface area contributed by atoms with Crippen LogP contribution in [-0.2, 0) is 6.54 Å². The first kappa shape index (κ1) is 15.7. The molecule has 1 aromatic heterocycles. The van der Waals surface area contributed by atoms with Gasteiger partial charge in [0.1, 0.15) is 13.2 Å². The number of hydrogen-bond donors (Lipinski definition) is 1. The zero-order valence-corrected chi connectivity index (χ0v) is 14.3. The van der Waals surface area contributed by atoms with Crippen molar-refractivity contribution in [2.75, 3.05) is 13.2 Å². The van der Waals surface area contributed by atoms with Gasteiger partial charge in [-0.2, -0.15) is 0 Å². The van der Waals surface area contributed by atoms with Crippen LogP contribution in [0.2, 0.25) is 5.02 Å². The number of thiophene rings is 1. The molecule has 3 nitrogen and oxygen atoms in total. The Balaban J connectivity index is 1.74. The van der Waals surface area contributed by atoms with Crippen LogP contribution in [0.5, 0.6) is 11.5 Å². The van der Waals surface area contributed by atoms with Gasteiger partial charge in [0.25, 0.3) is 0 Å². The van der Waals surface area contributed by atoms with Crippen molar-refractivity contribution < 1.29 is 9.47 Å². The summed E-state index contributed by atoms with van der Waals surface area (Å²) in [6.07, 6.45) is 0. The summed E-state index contributed by atoms with van der Waals surface area (Å²) in [5, 5.41) is 6.36. The van der Waals surface area contributed by atoms with Gasteiger partial charge in [0.15, 0.2) is 11.5 Å². The molecule has 0 amide bonds. The Morgan fingerprint density at radius 3 is 2.82 bits per heavy atom. The van der Waals surface area contributed by atoms with Crippen molar-refractivity contribution in [3.63, 3.8) is 0 Å². The highest BCUT2D eigenvalue weighted by Gasteiger charge is 2.19. The number of hydrogen-bond acceptors (Lipinski definition) is 4. The Morgan fingerprint density at radius 1 is 1.27 bits per heavy atom. The van der Waals surface area contributed by atoms with Crippen LogP contribution in [0.15, 0.2) is 29.6 Å². The van der Waals surface area contributed by atoms with E-state index in [9.17, 15) is 0 Å². The first-order valence-electron chi connectivity index (χ1n) is 7.50. The Bertz CT molecular complexity index is 628. The van der Waals surface area contributed by atoms with Crippen molar-refractivity contribution in [1.82, 2.24) is 5.32 Å². The average Bonchev–Trinajstić information content (AvgIpc) is 3.01. The smallest absolute Gasteiger partial charge is 0.179 e. The fourth-order valence-electron chi connectivity index (χ4n) is 2.63. The minimum absolute atomic E-state index is 0.340. The monoisotopic (exact) mass is 337 g/mol. The predicted octanol–water partition coefficient (Wildman–Crippen LogP) is 4.66. The molecule has 1 aliphatic rings. The zero-order valence-electron chi connectivity index (χ0n) is 12.8. The third-order valence-electron chi connectivity index (χ3n) is 3.70. The van der Waals surface area contributed by atoms with E-state index < -0.39 is 0 Å². The van der Waals surface area contributed by atoms with Crippen molar-refractivity contribution in [3.05, 3.63) is 45.1 Å². The highest BCUT2D eigenvalue weighted by Crippen LogP contribution is 2.38. The molecular formula is C17H20ClNO2S. The molecule has 0 fully saturated rings. The van der Waals surface area contributed by atoms with E-state index in [1.54, 1.807) is 11.3 Å². The standard InChI is InChI=1S/C17H20ClNO2S/c1-11(2)16(15-4-3-7-22-15)19-10-12-8-13(18)17-14(9-12)20-5-6-21-17/h3-4,7-9,11,16,19H,5-6,10H2,1-2H3. The molecule has 0 aliphatic carbocycles. The Hall–Kier alpha value is -1.23. The maximum Gasteiger partial charge on any atom is 0.179 e. The summed E-state index contributed by atoms with van der Waals surface area (Å²) in [7, 11) is 0. The molecule has 1 atom stereocenters. The summed E-state index contributed by atoms with van der Waals surface area (Å²) < 4.78 is 11.2. The van der Waals surface area contributed by atoms with Crippen LogP contribution in [0, 0.1) is 5.92 Å². The number of ether oxygens (including phenoxy) is 2. The highest BCUT2D eigenvalue weighted by molar-refractivity contribution is 7.10. The van der Waals surface area contributed by atoms with Gasteiger partial charge in [-0.1, -0.05) is 31.5 Å². The molecule has 0 spiro atoms. The molecule has 5 heteroatoms. The largest absolute Gasteiger partial charge is 0.486 e. The lowest BCUT2D eigenvalue weighted by atomic mass is 10.0. The SMILES string of the molecule is CC(C)C(NCc1cc(Cl)c2c(c1)OCCO2)c1cccs1. The van der Waals surface area contributed by atoms with E-state index >= 15 is 0 Å². The third kappa shape index (κ3) is 3.40. The van der Waals surface area contributed by atoms with Crippen LogP contribution in [0.3, 0.4) is 0 Å². The van der Waals surface area contributed by atoms with Gasteiger partial charge in [0.2, 0.25) is 0 Å². The van der Waals surface area contributed by atoms with Gasteiger partial charge in [-0.3, -0.25) is 0 Å². The van der Waals surface area contributed by atoms with E-state index in [1.165, 1.54) is 4.88 Å². The molecule has 2 heterocycles. The zero-order chi connectivity index (χ0) is 15.5. The van der Waals surface area contributed by atoms with E-state index in [-0.39, 0.29) is 0 Å². The van der Waals surface area contributed by atoms with Crippen LogP contribution in [-0.4, -0.2) is 13.2 Å². The molecule has 3 rings (SSSR count). The normalized spacial score (nSPS) is 15.1. The first-order chi connectivity index (χ1) is 10.6. The lowest BCUT2D eigenvalue weighted by molar-refractivity contribution is 0.171. The molecule has 0 bridgehead atoms. The first-order valence-corrected chi connectivity index (χ1v) is 8.75. The molecule has 1 N–H and O–H groups in total. The van der Waals surface area contributed by atoms with E-state index in [0.29, 0.717) is 35.9 Å². The summed E-state index contributed by atoms with van der Waals surface area (Å²) in [6.45, 7) is 6.33. The highest BCUT2D eigenvalue weighted by atomic mass is 35.5. The molecule has 1 unspecified atom stereocenters. The van der Waals surface area contributed by atoms with Crippen LogP contribution in [0.4, 0.5) is 0 Å². The molecular weight excluding hydrogens is 318 g/mol. The van der Waals surface area contributed by atoms with Crippen LogP contribution in [0.25, 0.3) is 0 Å². The van der Waals surface area contributed by atoms with Crippen molar-refractivity contribution in [2.45, 2.75) is 26.4 Å². The molecule has 118 valence electrons. The number of rotatable bonds is 5. The minimum atomic E-state index is 0.340. The van der Waals surface area contributed by atoms with Crippen LogP contribution in [0.1, 0.15) is 30.3 Å². The van der Waals surface area contributed by atoms with Gasteiger partial charge in [0.05, 0.1) is 5.02 Å². The fraction of sp³-hybridized carbons (Fsp3) is 0.412. The lowest BCUT2D eigenvalue weighted by Crippen LogP contribution is -2.24. The van der Waals surface area contributed by atoms with Gasteiger partial charge >= 0.3 is 0 Å². The van der Waals surface area contributed by atoms with Crippen LogP contribution >= 0.6 is 22.9 Å². The molecule has 0 saturated carbocycles. The summed E-state index contributed by atoms with van der Waals surface area (Å²) in [5.74, 6) is 1.93. The quantitative estimate of drug-likeness (QED) is 0.860. The van der Waals surface area contributed by atoms with Gasteiger partial charge in [0, 0.05) is 17.5 Å². The number of nitrogens with one attached hydrogen (secondary N) is 1. The molecule has 0 radical (unpaired) electrons.